The number of hydrogen-bond donors (Lipinski definition) is 2. The van der Waals surface area contributed by atoms with Crippen LogP contribution in [0.15, 0.2) is 52.9 Å². The zero-order valence-electron chi connectivity index (χ0n) is 20.0. The van der Waals surface area contributed by atoms with E-state index < -0.39 is 0 Å². The van der Waals surface area contributed by atoms with Crippen molar-refractivity contribution in [3.8, 4) is 11.5 Å². The third-order valence-corrected chi connectivity index (χ3v) is 7.66. The standard InChI is InChI=1S/C15H28O2.C13H8NO.Ir/c1-14(2)8-5-6-10-7-9-15(3,4)13(17)11(10)12(14)16;1-2-6-10(7-3-1)13-14-11-8-4-5-9-12(11)15-13;/h10-13,16-17H,5-9H2,1-4H3;1-6,8-9H;/q;-1;. The van der Waals surface area contributed by atoms with Crippen molar-refractivity contribution < 1.29 is 34.7 Å². The van der Waals surface area contributed by atoms with E-state index in [0.29, 0.717) is 11.8 Å². The molecule has 2 aliphatic rings. The summed E-state index contributed by atoms with van der Waals surface area (Å²) < 4.78 is 5.61. The van der Waals surface area contributed by atoms with Crippen molar-refractivity contribution in [2.45, 2.75) is 72.0 Å². The summed E-state index contributed by atoms with van der Waals surface area (Å²) in [6, 6.07) is 18.5. The number of aliphatic hydroxyl groups is 2. The summed E-state index contributed by atoms with van der Waals surface area (Å²) in [4.78, 5) is 4.39. The molecule has 1 radical (unpaired) electrons. The number of rotatable bonds is 1. The van der Waals surface area contributed by atoms with Crippen LogP contribution in [0, 0.1) is 28.7 Å². The Morgan fingerprint density at radius 3 is 2.24 bits per heavy atom. The molecule has 4 atom stereocenters. The fraction of sp³-hybridized carbons (Fsp3) is 0.536. The van der Waals surface area contributed by atoms with Gasteiger partial charge < -0.3 is 14.6 Å². The van der Waals surface area contributed by atoms with Crippen LogP contribution in [0.25, 0.3) is 22.6 Å². The average molecular weight is 627 g/mol. The third kappa shape index (κ3) is 5.59. The Bertz CT molecular complexity index is 997. The summed E-state index contributed by atoms with van der Waals surface area (Å²) in [6.07, 6.45) is 4.99. The summed E-state index contributed by atoms with van der Waals surface area (Å²) in [7, 11) is 0. The average Bonchev–Trinajstić information content (AvgIpc) is 3.17. The molecule has 0 aliphatic heterocycles. The molecule has 4 unspecified atom stereocenters. The number of benzene rings is 2. The first kappa shape index (κ1) is 26.1. The van der Waals surface area contributed by atoms with Gasteiger partial charge in [0.25, 0.3) is 0 Å². The largest absolute Gasteiger partial charge is 0.481 e. The molecule has 181 valence electrons. The van der Waals surface area contributed by atoms with Crippen LogP contribution in [0.3, 0.4) is 0 Å². The van der Waals surface area contributed by atoms with Gasteiger partial charge in [0.1, 0.15) is 11.5 Å². The van der Waals surface area contributed by atoms with E-state index in [1.165, 1.54) is 19.3 Å². The number of hydrogen-bond acceptors (Lipinski definition) is 4. The first-order valence-corrected chi connectivity index (χ1v) is 11.9. The second-order valence-corrected chi connectivity index (χ2v) is 10.9. The molecule has 0 spiro atoms. The normalized spacial score (nSPS) is 27.9. The van der Waals surface area contributed by atoms with Crippen molar-refractivity contribution in [1.29, 1.82) is 0 Å². The van der Waals surface area contributed by atoms with Crippen LogP contribution in [-0.2, 0) is 20.1 Å². The third-order valence-electron chi connectivity index (χ3n) is 7.66. The maximum Gasteiger partial charge on any atom is 0.141 e. The fourth-order valence-electron chi connectivity index (χ4n) is 5.45. The zero-order chi connectivity index (χ0) is 22.9. The number of para-hydroxylation sites is 2. The Morgan fingerprint density at radius 1 is 0.909 bits per heavy atom. The second kappa shape index (κ2) is 10.4. The van der Waals surface area contributed by atoms with Crippen LogP contribution in [0.2, 0.25) is 0 Å². The van der Waals surface area contributed by atoms with Crippen LogP contribution in [0.5, 0.6) is 0 Å². The first-order chi connectivity index (χ1) is 15.2. The molecule has 0 bridgehead atoms. The van der Waals surface area contributed by atoms with Crippen molar-refractivity contribution in [2.75, 3.05) is 0 Å². The van der Waals surface area contributed by atoms with E-state index >= 15 is 0 Å². The van der Waals surface area contributed by atoms with Gasteiger partial charge >= 0.3 is 0 Å². The Labute approximate surface area is 211 Å². The number of aliphatic hydroxyl groups excluding tert-OH is 2. The Balaban J connectivity index is 0.000000181. The fourth-order valence-corrected chi connectivity index (χ4v) is 5.45. The van der Waals surface area contributed by atoms with E-state index in [-0.39, 0.29) is 49.1 Å². The molecule has 3 aromatic rings. The van der Waals surface area contributed by atoms with Crippen LogP contribution >= 0.6 is 0 Å². The summed E-state index contributed by atoms with van der Waals surface area (Å²) >= 11 is 0. The molecule has 1 heterocycles. The molecule has 33 heavy (non-hydrogen) atoms. The summed E-state index contributed by atoms with van der Waals surface area (Å²) in [5.41, 5.74) is 2.49. The smallest absolute Gasteiger partial charge is 0.141 e. The van der Waals surface area contributed by atoms with E-state index in [0.717, 1.165) is 29.5 Å². The molecule has 2 aliphatic carbocycles. The molecule has 4 nitrogen and oxygen atoms in total. The first-order valence-electron chi connectivity index (χ1n) is 11.9. The molecular weight excluding hydrogens is 591 g/mol. The van der Waals surface area contributed by atoms with Gasteiger partial charge in [-0.05, 0) is 54.6 Å². The van der Waals surface area contributed by atoms with Gasteiger partial charge in [-0.1, -0.05) is 51.8 Å². The van der Waals surface area contributed by atoms with Crippen molar-refractivity contribution >= 4 is 11.1 Å². The SMILES string of the molecule is CC1(C)CCCC2CCC(C)(C)C(O)C2C1O.[Ir].[c-]1ccccc1-c1nc2ccccc2o1. The molecule has 5 heteroatoms. The molecule has 1 aromatic heterocycles. The Hall–Kier alpha value is -1.52. The van der Waals surface area contributed by atoms with Crippen molar-refractivity contribution in [3.05, 3.63) is 54.6 Å². The topological polar surface area (TPSA) is 66.5 Å². The molecule has 2 aromatic carbocycles. The monoisotopic (exact) mass is 627 g/mol. The second-order valence-electron chi connectivity index (χ2n) is 10.9. The van der Waals surface area contributed by atoms with Crippen molar-refractivity contribution in [1.82, 2.24) is 4.98 Å². The molecule has 2 N–H and O–H groups in total. The summed E-state index contributed by atoms with van der Waals surface area (Å²) in [6.45, 7) is 8.57. The number of fused-ring (bicyclic) bond motifs is 2. The maximum atomic E-state index is 10.7. The number of nitrogens with zero attached hydrogens (tertiary/aromatic N) is 1. The molecule has 5 rings (SSSR count). The van der Waals surface area contributed by atoms with E-state index in [9.17, 15) is 10.2 Å². The number of oxazole rings is 1. The predicted molar refractivity (Wildman–Crippen MR) is 128 cm³/mol. The van der Waals surface area contributed by atoms with Crippen LogP contribution in [0.1, 0.15) is 59.8 Å². The van der Waals surface area contributed by atoms with Gasteiger partial charge in [-0.2, -0.15) is 0 Å². The summed E-state index contributed by atoms with van der Waals surface area (Å²) in [5, 5.41) is 21.3. The predicted octanol–water partition coefficient (Wildman–Crippen LogP) is 6.26. The minimum atomic E-state index is -0.357. The molecule has 2 saturated carbocycles. The van der Waals surface area contributed by atoms with Crippen molar-refractivity contribution in [2.24, 2.45) is 22.7 Å². The Kier molecular flexibility index (Phi) is 8.22. The zero-order valence-corrected chi connectivity index (χ0v) is 22.4. The number of aromatic nitrogens is 1. The molecule has 0 saturated heterocycles. The molecular formula is C28H36IrNO3-. The van der Waals surface area contributed by atoms with Gasteiger partial charge in [-0.25, -0.2) is 0 Å². The van der Waals surface area contributed by atoms with E-state index in [4.69, 9.17) is 4.42 Å². The van der Waals surface area contributed by atoms with Crippen LogP contribution < -0.4 is 0 Å². The molecule has 0 amide bonds. The molecule has 2 fully saturated rings. The van der Waals surface area contributed by atoms with Gasteiger partial charge in [0.2, 0.25) is 0 Å². The van der Waals surface area contributed by atoms with Gasteiger partial charge in [-0.15, -0.1) is 30.3 Å². The van der Waals surface area contributed by atoms with Gasteiger partial charge in [0.15, 0.2) is 0 Å². The quantitative estimate of drug-likeness (QED) is 0.313. The van der Waals surface area contributed by atoms with Crippen molar-refractivity contribution in [3.63, 3.8) is 0 Å². The van der Waals surface area contributed by atoms with Crippen LogP contribution in [-0.4, -0.2) is 27.4 Å². The van der Waals surface area contributed by atoms with Gasteiger partial charge in [-0.3, -0.25) is 4.98 Å². The van der Waals surface area contributed by atoms with Gasteiger partial charge in [0, 0.05) is 26.0 Å². The van der Waals surface area contributed by atoms with E-state index in [2.05, 4.69) is 38.7 Å². The Morgan fingerprint density at radius 2 is 1.58 bits per heavy atom. The minimum absolute atomic E-state index is 0. The van der Waals surface area contributed by atoms with E-state index in [1.807, 2.05) is 48.5 Å². The van der Waals surface area contributed by atoms with Gasteiger partial charge in [0.05, 0.1) is 17.7 Å². The minimum Gasteiger partial charge on any atom is -0.481 e. The van der Waals surface area contributed by atoms with E-state index in [1.54, 1.807) is 0 Å². The van der Waals surface area contributed by atoms with Crippen LogP contribution in [0.4, 0.5) is 0 Å². The summed E-state index contributed by atoms with van der Waals surface area (Å²) in [5.74, 6) is 1.22. The maximum absolute atomic E-state index is 10.7.